The van der Waals surface area contributed by atoms with Crippen LogP contribution in [-0.2, 0) is 20.6 Å². The Labute approximate surface area is 290 Å². The minimum Gasteiger partial charge on any atom is -0.504 e. The maximum absolute atomic E-state index is 12.7. The lowest BCUT2D eigenvalue weighted by Crippen LogP contribution is -2.60. The van der Waals surface area contributed by atoms with Crippen molar-refractivity contribution in [1.29, 1.82) is 0 Å². The molecule has 1 saturated heterocycles. The van der Waals surface area contributed by atoms with E-state index in [0.717, 1.165) is 12.1 Å². The fourth-order valence-corrected chi connectivity index (χ4v) is 6.49. The summed E-state index contributed by atoms with van der Waals surface area (Å²) in [5.74, 6) is -5.80. The van der Waals surface area contributed by atoms with E-state index >= 15 is 0 Å². The molecule has 0 spiro atoms. The van der Waals surface area contributed by atoms with Gasteiger partial charge in [-0.3, -0.25) is 0 Å². The van der Waals surface area contributed by atoms with Crippen LogP contribution >= 0.6 is 0 Å². The smallest absolute Gasteiger partial charge is 0.338 e. The monoisotopic (exact) mass is 720 g/mol. The first-order chi connectivity index (χ1) is 24.3. The van der Waals surface area contributed by atoms with Gasteiger partial charge in [-0.1, -0.05) is 0 Å². The average molecular weight is 721 g/mol. The van der Waals surface area contributed by atoms with Crippen molar-refractivity contribution in [2.24, 2.45) is 5.92 Å². The highest BCUT2D eigenvalue weighted by molar-refractivity contribution is 5.91. The van der Waals surface area contributed by atoms with Gasteiger partial charge in [-0.25, -0.2) is 4.79 Å². The number of aliphatic hydroxyl groups excluding tert-OH is 4. The Hall–Kier alpha value is -4.91. The van der Waals surface area contributed by atoms with Crippen LogP contribution in [0.2, 0.25) is 0 Å². The molecule has 278 valence electrons. The molecular weight excluding hydrogens is 680 g/mol. The number of aliphatic hydroxyl groups is 4. The molecule has 5 rings (SSSR count). The van der Waals surface area contributed by atoms with Crippen LogP contribution in [0.25, 0.3) is 0 Å². The highest BCUT2D eigenvalue weighted by atomic mass is 16.7. The van der Waals surface area contributed by atoms with Crippen molar-refractivity contribution < 1.29 is 83.9 Å². The summed E-state index contributed by atoms with van der Waals surface area (Å²) in [5, 5.41) is 94.2. The normalized spacial score (nSPS) is 25.8. The van der Waals surface area contributed by atoms with Gasteiger partial charge in [0.15, 0.2) is 46.5 Å². The number of benzene rings is 3. The maximum atomic E-state index is 12.7. The van der Waals surface area contributed by atoms with Crippen LogP contribution in [0.3, 0.4) is 0 Å². The Morgan fingerprint density at radius 1 is 0.765 bits per heavy atom. The Kier molecular flexibility index (Phi) is 11.1. The molecular formula is C34H40O17. The summed E-state index contributed by atoms with van der Waals surface area (Å²) in [5.41, 5.74) is 1.00. The molecule has 1 aliphatic carbocycles. The summed E-state index contributed by atoms with van der Waals surface area (Å²) in [4.78, 5) is 12.7. The molecule has 0 unspecified atom stereocenters. The maximum Gasteiger partial charge on any atom is 0.338 e. The molecule has 3 aromatic rings. The van der Waals surface area contributed by atoms with Crippen molar-refractivity contribution in [3.05, 3.63) is 52.6 Å². The van der Waals surface area contributed by atoms with Crippen LogP contribution in [0.5, 0.6) is 51.7 Å². The summed E-state index contributed by atoms with van der Waals surface area (Å²) in [6.07, 6.45) is -9.75. The number of hydrogen-bond donors (Lipinski definition) is 9. The van der Waals surface area contributed by atoms with E-state index in [1.807, 2.05) is 0 Å². The minimum absolute atomic E-state index is 0.00186. The zero-order valence-electron chi connectivity index (χ0n) is 27.9. The Balaban J connectivity index is 1.54. The number of methoxy groups -OCH3 is 4. The zero-order chi connectivity index (χ0) is 37.3. The van der Waals surface area contributed by atoms with Gasteiger partial charge in [-0.2, -0.15) is 0 Å². The standard InChI is InChI=1S/C34H40O17/c1-45-19-9-14(10-20(46-2)26(19)39)23-24-13(8-21(47-3)28(41)32(24)48-4)5-16(11-35)31(23)51-34-30(43)29(42)27(40)22(50-34)12-49-33(44)15-6-17(36)25(38)18(37)7-15/h6-10,16,22-23,27,29-31,34-43H,5,11-12H2,1-4H3/t16-,22+,23-,27+,29-,30+,31-,34-/m1/s1. The summed E-state index contributed by atoms with van der Waals surface area (Å²) in [6.45, 7) is -1.18. The number of carbonyl (C=O) groups excluding carboxylic acids is 1. The molecule has 1 fully saturated rings. The fourth-order valence-electron chi connectivity index (χ4n) is 6.49. The van der Waals surface area contributed by atoms with Gasteiger partial charge < -0.3 is 79.1 Å². The summed E-state index contributed by atoms with van der Waals surface area (Å²) in [7, 11) is 5.35. The Morgan fingerprint density at radius 3 is 1.90 bits per heavy atom. The molecule has 17 nitrogen and oxygen atoms in total. The average Bonchev–Trinajstić information content (AvgIpc) is 3.12. The second kappa shape index (κ2) is 15.1. The first-order valence-corrected chi connectivity index (χ1v) is 15.6. The zero-order valence-corrected chi connectivity index (χ0v) is 27.9. The van der Waals surface area contributed by atoms with E-state index in [1.165, 1.54) is 40.6 Å². The molecule has 0 amide bonds. The van der Waals surface area contributed by atoms with E-state index in [-0.39, 0.29) is 46.5 Å². The number of phenolic OH excluding ortho intramolecular Hbond substituents is 5. The summed E-state index contributed by atoms with van der Waals surface area (Å²) < 4.78 is 39.2. The van der Waals surface area contributed by atoms with E-state index in [0.29, 0.717) is 16.7 Å². The van der Waals surface area contributed by atoms with Crippen LogP contribution in [-0.4, -0.2) is 130 Å². The summed E-state index contributed by atoms with van der Waals surface area (Å²) in [6, 6.07) is 6.23. The Morgan fingerprint density at radius 2 is 1.35 bits per heavy atom. The van der Waals surface area contributed by atoms with Gasteiger partial charge in [0.05, 0.1) is 40.1 Å². The lowest BCUT2D eigenvalue weighted by atomic mass is 9.71. The highest BCUT2D eigenvalue weighted by Crippen LogP contribution is 2.53. The van der Waals surface area contributed by atoms with E-state index in [4.69, 9.17) is 33.2 Å². The number of ether oxygens (including phenoxy) is 7. The number of esters is 1. The van der Waals surface area contributed by atoms with Gasteiger partial charge in [0.2, 0.25) is 11.5 Å². The molecule has 1 heterocycles. The third-order valence-corrected chi connectivity index (χ3v) is 9.09. The number of aromatic hydroxyl groups is 5. The lowest BCUT2D eigenvalue weighted by Gasteiger charge is -2.45. The Bertz CT molecular complexity index is 1700. The van der Waals surface area contributed by atoms with Gasteiger partial charge in [-0.15, -0.1) is 0 Å². The van der Waals surface area contributed by atoms with Crippen LogP contribution in [0.4, 0.5) is 0 Å². The molecule has 0 radical (unpaired) electrons. The van der Waals surface area contributed by atoms with Gasteiger partial charge in [0.25, 0.3) is 0 Å². The SMILES string of the molecule is COc1cc([C@@H]2c3c(cc(OC)c(O)c3OC)C[C@H](CO)[C@H]2O[C@H]2O[C@@H](COC(=O)c3cc(O)c(O)c(O)c3)[C@H](O)[C@@H](O)[C@@H]2O)cc(OC)c1O. The van der Waals surface area contributed by atoms with E-state index in [2.05, 4.69) is 0 Å². The number of fused-ring (bicyclic) bond motifs is 1. The third-order valence-electron chi connectivity index (χ3n) is 9.09. The van der Waals surface area contributed by atoms with Gasteiger partial charge in [0.1, 0.15) is 31.0 Å². The predicted molar refractivity (Wildman–Crippen MR) is 172 cm³/mol. The molecule has 0 saturated carbocycles. The van der Waals surface area contributed by atoms with Crippen molar-refractivity contribution in [1.82, 2.24) is 0 Å². The first kappa shape index (κ1) is 37.3. The number of carbonyl (C=O) groups is 1. The summed E-state index contributed by atoms with van der Waals surface area (Å²) >= 11 is 0. The molecule has 8 atom stereocenters. The van der Waals surface area contributed by atoms with Crippen LogP contribution < -0.4 is 18.9 Å². The van der Waals surface area contributed by atoms with E-state index in [1.54, 1.807) is 6.07 Å². The van der Waals surface area contributed by atoms with Gasteiger partial charge in [-0.05, 0) is 47.9 Å². The van der Waals surface area contributed by atoms with Crippen LogP contribution in [0, 0.1) is 5.92 Å². The van der Waals surface area contributed by atoms with Gasteiger partial charge in [0, 0.05) is 24.0 Å². The molecule has 1 aliphatic heterocycles. The largest absolute Gasteiger partial charge is 0.504 e. The molecule has 2 aliphatic rings. The second-order valence-electron chi connectivity index (χ2n) is 12.0. The van der Waals surface area contributed by atoms with Gasteiger partial charge >= 0.3 is 5.97 Å². The molecule has 17 heteroatoms. The van der Waals surface area contributed by atoms with Crippen molar-refractivity contribution in [3.8, 4) is 51.7 Å². The van der Waals surface area contributed by atoms with Crippen molar-refractivity contribution in [3.63, 3.8) is 0 Å². The lowest BCUT2D eigenvalue weighted by molar-refractivity contribution is -0.316. The topological polar surface area (TPSA) is 264 Å². The van der Waals surface area contributed by atoms with Crippen LogP contribution in [0.15, 0.2) is 30.3 Å². The first-order valence-electron chi connectivity index (χ1n) is 15.6. The van der Waals surface area contributed by atoms with Crippen molar-refractivity contribution >= 4 is 5.97 Å². The molecule has 3 aromatic carbocycles. The molecule has 0 aromatic heterocycles. The fraction of sp³-hybridized carbons (Fsp3) is 0.441. The second-order valence-corrected chi connectivity index (χ2v) is 12.0. The predicted octanol–water partition coefficient (Wildman–Crippen LogP) is 0.595. The quantitative estimate of drug-likeness (QED) is 0.0970. The highest BCUT2D eigenvalue weighted by Gasteiger charge is 2.49. The van der Waals surface area contributed by atoms with Crippen molar-refractivity contribution in [2.45, 2.75) is 49.1 Å². The molecule has 0 bridgehead atoms. The van der Waals surface area contributed by atoms with E-state index < -0.39 is 85.1 Å². The van der Waals surface area contributed by atoms with Crippen LogP contribution in [0.1, 0.15) is 33.0 Å². The van der Waals surface area contributed by atoms with E-state index in [9.17, 15) is 50.8 Å². The van der Waals surface area contributed by atoms with Crippen molar-refractivity contribution in [2.75, 3.05) is 41.7 Å². The number of phenols is 5. The minimum atomic E-state index is -1.88. The number of hydrogen-bond acceptors (Lipinski definition) is 17. The molecule has 9 N–H and O–H groups in total. The molecule has 51 heavy (non-hydrogen) atoms. The third kappa shape index (κ3) is 6.91. The number of rotatable bonds is 11.